The number of amides is 5. The molecule has 0 fully saturated rings. The number of aryl methyl sites for hydroxylation is 5. The SMILES string of the molecule is Cc1cc2c(cc1-c1ccc(NC(=O)c3c(F)cccc3F)nc1)OCO2.Cc1cc2c(cc1-c1ccc(NC(=O)c3ccccc3Cl)nc1)OCO2.Cc1ccc(F)c(C(=O)Nc2ccc(-c3cc4c(cc3Br)OCO4)cn2)c1F.Cc1ccc(F)cc1C(=O)Nc1ccc(-c2cc3c(cc2Br)OCO3)cn1.Cc1cccc(C(=O)Nc2ccc(-c3cc4c(cc3Br)OCO4)cn2)c1F. The number of hydrogen-bond acceptors (Lipinski definition) is 20. The van der Waals surface area contributed by atoms with Crippen LogP contribution in [0.1, 0.15) is 79.6 Å². The van der Waals surface area contributed by atoms with Crippen LogP contribution in [0.3, 0.4) is 0 Å². The minimum absolute atomic E-state index is 0.0145. The molecule has 15 aromatic rings. The summed E-state index contributed by atoms with van der Waals surface area (Å²) in [7, 11) is 0. The van der Waals surface area contributed by atoms with Gasteiger partial charge in [-0.1, -0.05) is 102 Å². The van der Waals surface area contributed by atoms with Crippen molar-refractivity contribution in [3.8, 4) is 113 Å². The van der Waals surface area contributed by atoms with Crippen molar-refractivity contribution in [2.75, 3.05) is 60.5 Å². The fourth-order valence-electron chi connectivity index (χ4n) is 14.1. The van der Waals surface area contributed by atoms with Crippen molar-refractivity contribution >= 4 is 118 Å². The second-order valence-electron chi connectivity index (χ2n) is 30.1. The molecule has 5 N–H and O–H groups in total. The number of anilines is 5. The summed E-state index contributed by atoms with van der Waals surface area (Å²) in [5, 5.41) is 13.3. The van der Waals surface area contributed by atoms with E-state index in [0.29, 0.717) is 85.2 Å². The number of benzene rings is 10. The summed E-state index contributed by atoms with van der Waals surface area (Å²) in [5.74, 6) is 0.628. The van der Waals surface area contributed by atoms with E-state index >= 15 is 0 Å². The van der Waals surface area contributed by atoms with Crippen LogP contribution in [0.15, 0.2) is 257 Å². The topological polar surface area (TPSA) is 302 Å². The zero-order chi connectivity index (χ0) is 94.8. The number of ether oxygens (including phenoxy) is 10. The van der Waals surface area contributed by atoms with Gasteiger partial charge in [0.25, 0.3) is 29.5 Å². The molecule has 10 aromatic carbocycles. The van der Waals surface area contributed by atoms with Crippen molar-refractivity contribution in [1.29, 1.82) is 0 Å². The van der Waals surface area contributed by atoms with Gasteiger partial charge in [-0.05, 0) is 243 Å². The summed E-state index contributed by atoms with van der Waals surface area (Å²) in [4.78, 5) is 82.6. The Kier molecular flexibility index (Phi) is 28.3. The predicted octanol–water partition coefficient (Wildman–Crippen LogP) is 24.0. The molecule has 10 heterocycles. The Bertz CT molecular complexity index is 7010. The number of carbonyl (C=O) groups excluding carboxylic acids is 5. The molecule has 25 nitrogen and oxygen atoms in total. The van der Waals surface area contributed by atoms with Crippen LogP contribution in [-0.4, -0.2) is 88.4 Å². The summed E-state index contributed by atoms with van der Waals surface area (Å²) < 4.78 is 139. The van der Waals surface area contributed by atoms with Gasteiger partial charge in [0.2, 0.25) is 34.0 Å². The van der Waals surface area contributed by atoms with Gasteiger partial charge in [-0.15, -0.1) is 0 Å². The van der Waals surface area contributed by atoms with Crippen LogP contribution in [0.25, 0.3) is 55.6 Å². The molecule has 135 heavy (non-hydrogen) atoms. The van der Waals surface area contributed by atoms with Crippen molar-refractivity contribution in [3.63, 3.8) is 0 Å². The maximum absolute atomic E-state index is 14.1. The second kappa shape index (κ2) is 41.2. The quantitative estimate of drug-likeness (QED) is 0.0596. The lowest BCUT2D eigenvalue weighted by molar-refractivity contribution is 0.100. The minimum atomic E-state index is -0.930. The number of nitrogens with one attached hydrogen (secondary N) is 5. The lowest BCUT2D eigenvalue weighted by Gasteiger charge is -2.10. The highest BCUT2D eigenvalue weighted by Crippen LogP contribution is 2.46. The van der Waals surface area contributed by atoms with E-state index in [9.17, 15) is 50.3 Å². The van der Waals surface area contributed by atoms with Gasteiger partial charge >= 0.3 is 0 Å². The molecule has 0 unspecified atom stereocenters. The predicted molar refractivity (Wildman–Crippen MR) is 502 cm³/mol. The Morgan fingerprint density at radius 3 is 0.970 bits per heavy atom. The first-order chi connectivity index (χ1) is 65.1. The minimum Gasteiger partial charge on any atom is -0.454 e. The van der Waals surface area contributed by atoms with Crippen molar-refractivity contribution in [2.24, 2.45) is 0 Å². The summed E-state index contributed by atoms with van der Waals surface area (Å²) in [6.07, 6.45) is 8.10. The van der Waals surface area contributed by atoms with Crippen LogP contribution in [0.2, 0.25) is 5.02 Å². The lowest BCUT2D eigenvalue weighted by Crippen LogP contribution is -2.17. The Hall–Kier alpha value is -15.4. The van der Waals surface area contributed by atoms with E-state index < -0.39 is 69.7 Å². The van der Waals surface area contributed by atoms with Gasteiger partial charge in [-0.25, -0.2) is 51.3 Å². The number of fused-ring (bicyclic) bond motifs is 5. The third-order valence-corrected chi connectivity index (χ3v) is 23.4. The van der Waals surface area contributed by atoms with Gasteiger partial charge in [0.15, 0.2) is 57.5 Å². The number of halogens is 10. The van der Waals surface area contributed by atoms with E-state index in [4.69, 9.17) is 59.0 Å². The highest BCUT2D eigenvalue weighted by Gasteiger charge is 2.27. The monoisotopic (exact) mass is 2040 g/mol. The number of aromatic nitrogens is 5. The smallest absolute Gasteiger partial charge is 0.262 e. The average Bonchev–Trinajstić information content (AvgIpc) is 1.74. The molecule has 0 saturated heterocycles. The van der Waals surface area contributed by atoms with Crippen LogP contribution in [0.4, 0.5) is 55.4 Å². The number of rotatable bonds is 15. The van der Waals surface area contributed by atoms with E-state index in [1.165, 1.54) is 37.3 Å². The summed E-state index contributed by atoms with van der Waals surface area (Å²) in [6, 6.07) is 57.2. The molecule has 0 aliphatic carbocycles. The van der Waals surface area contributed by atoms with Gasteiger partial charge in [-0.2, -0.15) is 0 Å². The molecule has 5 aromatic heterocycles. The normalized spacial score (nSPS) is 12.1. The Morgan fingerprint density at radius 1 is 0.281 bits per heavy atom. The van der Waals surface area contributed by atoms with E-state index in [-0.39, 0.29) is 68.2 Å². The second-order valence-corrected chi connectivity index (χ2v) is 33.0. The van der Waals surface area contributed by atoms with Crippen LogP contribution < -0.4 is 74.0 Å². The third kappa shape index (κ3) is 21.5. The van der Waals surface area contributed by atoms with Crippen LogP contribution >= 0.6 is 59.4 Å². The summed E-state index contributed by atoms with van der Waals surface area (Å²) in [5.41, 5.74) is 11.4. The lowest BCUT2D eigenvalue weighted by atomic mass is 10.0. The molecule has 5 aliphatic heterocycles. The van der Waals surface area contributed by atoms with Crippen LogP contribution in [0.5, 0.6) is 57.5 Å². The first kappa shape index (κ1) is 92.9. The average molecular weight is 2040 g/mol. The number of pyridine rings is 5. The molecular weight excluding hydrogens is 1970 g/mol. The third-order valence-electron chi connectivity index (χ3n) is 21.1. The van der Waals surface area contributed by atoms with Crippen molar-refractivity contribution in [2.45, 2.75) is 34.6 Å². The molecule has 680 valence electrons. The van der Waals surface area contributed by atoms with E-state index in [2.05, 4.69) is 99.3 Å². The van der Waals surface area contributed by atoms with E-state index in [0.717, 1.165) is 110 Å². The highest BCUT2D eigenvalue weighted by atomic mass is 79.9. The molecule has 20 rings (SSSR count). The number of hydrogen-bond donors (Lipinski definition) is 5. The molecular formula is C100H70Br3ClF6N10O15. The molecule has 35 heteroatoms. The Labute approximate surface area is 795 Å². The van der Waals surface area contributed by atoms with Crippen molar-refractivity contribution in [1.82, 2.24) is 24.9 Å². The Balaban J connectivity index is 0.000000123. The number of nitrogens with zero attached hydrogens (tertiary/aromatic N) is 5. The first-order valence-corrected chi connectivity index (χ1v) is 43.5. The maximum Gasteiger partial charge on any atom is 0.262 e. The van der Waals surface area contributed by atoms with Gasteiger partial charge in [-0.3, -0.25) is 24.0 Å². The van der Waals surface area contributed by atoms with E-state index in [1.807, 2.05) is 86.6 Å². The molecule has 0 spiro atoms. The largest absolute Gasteiger partial charge is 0.454 e. The zero-order valence-electron chi connectivity index (χ0n) is 71.3. The molecule has 5 aliphatic rings. The number of carbonyl (C=O) groups is 5. The van der Waals surface area contributed by atoms with Gasteiger partial charge in [0, 0.05) is 94.5 Å². The zero-order valence-corrected chi connectivity index (χ0v) is 76.8. The highest BCUT2D eigenvalue weighted by molar-refractivity contribution is 9.11. The molecule has 0 saturated carbocycles. The molecule has 0 atom stereocenters. The first-order valence-electron chi connectivity index (χ1n) is 40.7. The molecule has 0 bridgehead atoms. The maximum atomic E-state index is 14.1. The van der Waals surface area contributed by atoms with Crippen molar-refractivity contribution < 1.29 is 97.7 Å². The molecule has 0 radical (unpaired) electrons. The molecule has 5 amide bonds. The van der Waals surface area contributed by atoms with Gasteiger partial charge < -0.3 is 74.0 Å². The van der Waals surface area contributed by atoms with Crippen molar-refractivity contribution in [3.05, 3.63) is 352 Å². The summed E-state index contributed by atoms with van der Waals surface area (Å²) in [6.45, 7) is 9.76. The van der Waals surface area contributed by atoms with Crippen LogP contribution in [0, 0.1) is 69.5 Å². The fraction of sp³-hybridized carbons (Fsp3) is 0.100. The fourth-order valence-corrected chi connectivity index (χ4v) is 15.9. The Morgan fingerprint density at radius 2 is 0.585 bits per heavy atom. The van der Waals surface area contributed by atoms with Gasteiger partial charge in [0.05, 0.1) is 16.1 Å². The standard InChI is InChI=1S/C20H13BrF2N2O3.2C20H14BrFN2O3.C20H15ClN2O3.C20H14F2N2O3/c1-10-2-4-14(22)18(19(10)23)20(26)25-17-5-3-11(8-24-17)12-6-15-16(7-13(12)21)28-9-27-15;1-11-2-4-13(22)6-14(11)20(25)24-19-5-3-12(9-23-19)15-7-17-18(8-16(15)21)27-10-26-17;1-11-3-2-4-13(19(11)22)20(25)24-18-6-5-12(9-23-18)14-7-16-17(8-15(14)21)27-10-26-16;1-12-8-17-18(26-11-25-17)9-15(12)13-6-7-19(22-10-13)23-20(24)14-4-2-3-5-16(14)21;1-11-7-16-17(27-10-26-16)8-13(11)12-5-6-18(23-9-12)24-20(25)19-14(21)3-2-4-15(19)22/h2-8H,9H2,1H3,(H,24,25,26);2*2-9H,10H2,1H3,(H,23,24,25);2-10H,11H2,1H3,(H,22,23,24);2-9H,10H2,1H3,(H,23,24,25). The van der Waals surface area contributed by atoms with E-state index in [1.54, 1.807) is 136 Å². The van der Waals surface area contributed by atoms with Crippen LogP contribution in [-0.2, 0) is 0 Å². The summed E-state index contributed by atoms with van der Waals surface area (Å²) >= 11 is 16.6. The van der Waals surface area contributed by atoms with Gasteiger partial charge in [0.1, 0.15) is 75.1 Å².